The van der Waals surface area contributed by atoms with Crippen LogP contribution >= 0.6 is 22.9 Å². The highest BCUT2D eigenvalue weighted by molar-refractivity contribution is 7.13. The zero-order chi connectivity index (χ0) is 21.9. The van der Waals surface area contributed by atoms with E-state index in [1.165, 1.54) is 17.4 Å². The van der Waals surface area contributed by atoms with Crippen LogP contribution in [0.5, 0.6) is 0 Å². The molecule has 3 aromatic rings. The van der Waals surface area contributed by atoms with E-state index in [0.29, 0.717) is 6.54 Å². The van der Waals surface area contributed by atoms with Crippen LogP contribution in [-0.2, 0) is 12.7 Å². The fraction of sp³-hybridized carbons (Fsp3) is 0.238. The molecule has 1 heterocycles. The van der Waals surface area contributed by atoms with Gasteiger partial charge in [0.15, 0.2) is 0 Å². The first-order valence-corrected chi connectivity index (χ1v) is 10.3. The molecular weight excluding hydrogens is 435 g/mol. The van der Waals surface area contributed by atoms with Crippen molar-refractivity contribution in [2.75, 3.05) is 5.32 Å². The normalized spacial score (nSPS) is 11.6. The number of thiazole rings is 1. The molecule has 0 fully saturated rings. The summed E-state index contributed by atoms with van der Waals surface area (Å²) in [6, 6.07) is 10.3. The summed E-state index contributed by atoms with van der Waals surface area (Å²) >= 11 is 7.16. The van der Waals surface area contributed by atoms with Crippen molar-refractivity contribution < 1.29 is 18.0 Å². The van der Waals surface area contributed by atoms with E-state index in [1.807, 2.05) is 43.5 Å². The van der Waals surface area contributed by atoms with E-state index in [9.17, 15) is 18.0 Å². The molecule has 9 heteroatoms. The molecule has 0 spiro atoms. The number of alkyl halides is 3. The topological polar surface area (TPSA) is 45.2 Å². The highest BCUT2D eigenvalue weighted by Crippen LogP contribution is 2.36. The van der Waals surface area contributed by atoms with E-state index < -0.39 is 22.8 Å². The van der Waals surface area contributed by atoms with E-state index in [1.54, 1.807) is 11.1 Å². The smallest absolute Gasteiger partial charge is 0.318 e. The number of carbonyl (C=O) groups is 1. The summed E-state index contributed by atoms with van der Waals surface area (Å²) in [5.74, 6) is 0. The van der Waals surface area contributed by atoms with Crippen LogP contribution < -0.4 is 5.32 Å². The Bertz CT molecular complexity index is 1020. The SMILES string of the molecule is CC(C)N(Cc1cccc(-c2nccs2)c1)C(=O)Nc1ccc(Cl)c(C(F)(F)F)c1. The Morgan fingerprint density at radius 2 is 2.00 bits per heavy atom. The van der Waals surface area contributed by atoms with Gasteiger partial charge in [0.25, 0.3) is 0 Å². The summed E-state index contributed by atoms with van der Waals surface area (Å²) in [6.45, 7) is 3.98. The molecule has 0 saturated heterocycles. The largest absolute Gasteiger partial charge is 0.417 e. The summed E-state index contributed by atoms with van der Waals surface area (Å²) in [5, 5.41) is 4.89. The van der Waals surface area contributed by atoms with Gasteiger partial charge in [-0.25, -0.2) is 9.78 Å². The van der Waals surface area contributed by atoms with Crippen LogP contribution in [-0.4, -0.2) is 22.0 Å². The Morgan fingerprint density at radius 3 is 2.63 bits per heavy atom. The molecular formula is C21H19ClF3N3OS. The number of carbonyl (C=O) groups excluding carboxylic acids is 1. The molecule has 158 valence electrons. The zero-order valence-electron chi connectivity index (χ0n) is 16.2. The average molecular weight is 454 g/mol. The van der Waals surface area contributed by atoms with Crippen molar-refractivity contribution in [2.24, 2.45) is 0 Å². The van der Waals surface area contributed by atoms with Crippen molar-refractivity contribution in [2.45, 2.75) is 32.6 Å². The van der Waals surface area contributed by atoms with Gasteiger partial charge in [-0.15, -0.1) is 11.3 Å². The van der Waals surface area contributed by atoms with Crippen LogP contribution in [0, 0.1) is 0 Å². The molecule has 0 saturated carbocycles. The summed E-state index contributed by atoms with van der Waals surface area (Å²) < 4.78 is 39.2. The lowest BCUT2D eigenvalue weighted by Crippen LogP contribution is -2.39. The van der Waals surface area contributed by atoms with E-state index in [-0.39, 0.29) is 11.7 Å². The Hall–Kier alpha value is -2.58. The summed E-state index contributed by atoms with van der Waals surface area (Å²) in [7, 11) is 0. The zero-order valence-corrected chi connectivity index (χ0v) is 17.8. The van der Waals surface area contributed by atoms with Crippen molar-refractivity contribution in [3.8, 4) is 10.6 Å². The molecule has 2 amide bonds. The monoisotopic (exact) mass is 453 g/mol. The first-order valence-electron chi connectivity index (χ1n) is 9.08. The second-order valence-electron chi connectivity index (χ2n) is 6.88. The lowest BCUT2D eigenvalue weighted by atomic mass is 10.1. The highest BCUT2D eigenvalue weighted by Gasteiger charge is 2.33. The molecule has 0 aliphatic heterocycles. The van der Waals surface area contributed by atoms with Crippen LogP contribution in [0.15, 0.2) is 54.0 Å². The van der Waals surface area contributed by atoms with Crippen molar-refractivity contribution in [1.82, 2.24) is 9.88 Å². The van der Waals surface area contributed by atoms with Gasteiger partial charge in [0.05, 0.1) is 10.6 Å². The van der Waals surface area contributed by atoms with E-state index in [2.05, 4.69) is 10.3 Å². The third-order valence-corrected chi connectivity index (χ3v) is 5.52. The summed E-state index contributed by atoms with van der Waals surface area (Å²) in [6.07, 6.45) is -2.88. The third-order valence-electron chi connectivity index (χ3n) is 4.37. The van der Waals surface area contributed by atoms with Crippen LogP contribution in [0.2, 0.25) is 5.02 Å². The first kappa shape index (κ1) is 22.1. The van der Waals surface area contributed by atoms with Crippen LogP contribution in [0.1, 0.15) is 25.0 Å². The molecule has 1 N–H and O–H groups in total. The van der Waals surface area contributed by atoms with Gasteiger partial charge in [0, 0.05) is 35.4 Å². The number of aromatic nitrogens is 1. The standard InChI is InChI=1S/C21H19ClF3N3OS/c1-13(2)28(12-14-4-3-5-15(10-14)19-26-8-9-30-19)20(29)27-16-6-7-18(22)17(11-16)21(23,24)25/h3-11,13H,12H2,1-2H3,(H,27,29). The quantitative estimate of drug-likeness (QED) is 0.455. The molecule has 2 aromatic carbocycles. The second kappa shape index (κ2) is 9.06. The number of halogens is 4. The number of hydrogen-bond acceptors (Lipinski definition) is 3. The van der Waals surface area contributed by atoms with Gasteiger partial charge in [0.1, 0.15) is 5.01 Å². The Morgan fingerprint density at radius 1 is 1.23 bits per heavy atom. The molecule has 0 unspecified atom stereocenters. The number of anilines is 1. The van der Waals surface area contributed by atoms with Gasteiger partial charge in [-0.2, -0.15) is 13.2 Å². The number of nitrogens with one attached hydrogen (secondary N) is 1. The van der Waals surface area contributed by atoms with Crippen LogP contribution in [0.4, 0.5) is 23.7 Å². The van der Waals surface area contributed by atoms with Crippen LogP contribution in [0.25, 0.3) is 10.6 Å². The van der Waals surface area contributed by atoms with Crippen molar-refractivity contribution in [3.05, 3.63) is 70.2 Å². The van der Waals surface area contributed by atoms with E-state index in [0.717, 1.165) is 28.3 Å². The summed E-state index contributed by atoms with van der Waals surface area (Å²) in [4.78, 5) is 18.6. The van der Waals surface area contributed by atoms with Gasteiger partial charge in [0.2, 0.25) is 0 Å². The van der Waals surface area contributed by atoms with Crippen LogP contribution in [0.3, 0.4) is 0 Å². The van der Waals surface area contributed by atoms with Crippen molar-refractivity contribution in [1.29, 1.82) is 0 Å². The molecule has 0 atom stereocenters. The predicted octanol–water partition coefficient (Wildman–Crippen LogP) is 6.92. The Balaban J connectivity index is 1.79. The summed E-state index contributed by atoms with van der Waals surface area (Å²) in [5.41, 5.74) is 0.867. The molecule has 30 heavy (non-hydrogen) atoms. The fourth-order valence-electron chi connectivity index (χ4n) is 2.87. The minimum atomic E-state index is -4.61. The number of amides is 2. The minimum Gasteiger partial charge on any atom is -0.318 e. The maximum atomic E-state index is 13.1. The molecule has 3 rings (SSSR count). The average Bonchev–Trinajstić information content (AvgIpc) is 3.21. The van der Waals surface area contributed by atoms with E-state index >= 15 is 0 Å². The first-order chi connectivity index (χ1) is 14.1. The number of urea groups is 1. The lowest BCUT2D eigenvalue weighted by Gasteiger charge is -2.27. The minimum absolute atomic E-state index is 0.0268. The van der Waals surface area contributed by atoms with Crippen molar-refractivity contribution >= 4 is 34.7 Å². The van der Waals surface area contributed by atoms with Gasteiger partial charge in [-0.05, 0) is 43.7 Å². The van der Waals surface area contributed by atoms with Crippen molar-refractivity contribution in [3.63, 3.8) is 0 Å². The Labute approximate surface area is 181 Å². The maximum Gasteiger partial charge on any atom is 0.417 e. The second-order valence-corrected chi connectivity index (χ2v) is 8.18. The number of benzene rings is 2. The number of hydrogen-bond donors (Lipinski definition) is 1. The number of nitrogens with zero attached hydrogens (tertiary/aromatic N) is 2. The van der Waals surface area contributed by atoms with Gasteiger partial charge in [-0.1, -0.05) is 29.8 Å². The molecule has 4 nitrogen and oxygen atoms in total. The molecule has 0 radical (unpaired) electrons. The fourth-order valence-corrected chi connectivity index (χ4v) is 3.73. The van der Waals surface area contributed by atoms with Gasteiger partial charge < -0.3 is 10.2 Å². The third kappa shape index (κ3) is 5.31. The molecule has 0 bridgehead atoms. The molecule has 0 aliphatic carbocycles. The predicted molar refractivity (Wildman–Crippen MR) is 114 cm³/mol. The maximum absolute atomic E-state index is 13.1. The molecule has 0 aliphatic rings. The van der Waals surface area contributed by atoms with Gasteiger partial charge >= 0.3 is 12.2 Å². The lowest BCUT2D eigenvalue weighted by molar-refractivity contribution is -0.137. The highest BCUT2D eigenvalue weighted by atomic mass is 35.5. The van der Waals surface area contributed by atoms with E-state index in [4.69, 9.17) is 11.6 Å². The molecule has 1 aromatic heterocycles. The van der Waals surface area contributed by atoms with Gasteiger partial charge in [-0.3, -0.25) is 0 Å². The number of rotatable bonds is 5. The Kier molecular flexibility index (Phi) is 6.67.